The van der Waals surface area contributed by atoms with Crippen LogP contribution in [0.15, 0.2) is 24.3 Å². The molecule has 2 N–H and O–H groups in total. The quantitative estimate of drug-likeness (QED) is 0.588. The summed E-state index contributed by atoms with van der Waals surface area (Å²) in [6.45, 7) is 15.4. The number of aromatic hydroxyl groups is 1. The molecule has 1 aliphatic rings. The number of carboxylic acids is 1. The summed E-state index contributed by atoms with van der Waals surface area (Å²) < 4.78 is 18.1. The molecule has 33 heavy (non-hydrogen) atoms. The third-order valence-corrected chi connectivity index (χ3v) is 6.72. The number of phenols is 1. The van der Waals surface area contributed by atoms with E-state index in [2.05, 4.69) is 27.7 Å². The average molecular weight is 457 g/mol. The highest BCUT2D eigenvalue weighted by Gasteiger charge is 2.35. The number of ether oxygens (including phenoxy) is 3. The van der Waals surface area contributed by atoms with Gasteiger partial charge in [0.05, 0.1) is 0 Å². The van der Waals surface area contributed by atoms with Crippen molar-refractivity contribution in [2.75, 3.05) is 6.79 Å². The van der Waals surface area contributed by atoms with Crippen molar-refractivity contribution >= 4 is 5.97 Å². The highest BCUT2D eigenvalue weighted by atomic mass is 16.7. The molecule has 6 nitrogen and oxygen atoms in total. The second kappa shape index (κ2) is 8.47. The van der Waals surface area contributed by atoms with Crippen LogP contribution in [0.1, 0.15) is 76.6 Å². The van der Waals surface area contributed by atoms with Crippen LogP contribution in [0.4, 0.5) is 0 Å². The molecular formula is C27H36O6. The number of aliphatic carboxylic acids is 1. The summed E-state index contributed by atoms with van der Waals surface area (Å²) in [4.78, 5) is 11.6. The van der Waals surface area contributed by atoms with Gasteiger partial charge in [-0.3, -0.25) is 0 Å². The number of hydrogen-bond donors (Lipinski definition) is 2. The van der Waals surface area contributed by atoms with Gasteiger partial charge in [-0.1, -0.05) is 27.7 Å². The molecule has 0 aromatic heterocycles. The van der Waals surface area contributed by atoms with E-state index < -0.39 is 11.6 Å². The molecule has 0 bridgehead atoms. The number of fused-ring (bicyclic) bond motifs is 2. The van der Waals surface area contributed by atoms with Crippen LogP contribution < -0.4 is 14.2 Å². The fourth-order valence-corrected chi connectivity index (χ4v) is 4.11. The predicted octanol–water partition coefficient (Wildman–Crippen LogP) is 6.02. The Hall–Kier alpha value is -2.89. The molecule has 1 heterocycles. The third kappa shape index (κ3) is 5.05. The van der Waals surface area contributed by atoms with E-state index in [1.807, 2.05) is 32.0 Å². The molecule has 6 heteroatoms. The predicted molar refractivity (Wildman–Crippen MR) is 128 cm³/mol. The first-order valence-corrected chi connectivity index (χ1v) is 11.3. The summed E-state index contributed by atoms with van der Waals surface area (Å²) in [5.74, 6) is 1.14. The minimum atomic E-state index is -1.36. The number of carboxylic acid groups (broad SMARTS) is 1. The number of phenolic OH excluding ortho intramolecular Hbond substituents is 1. The van der Waals surface area contributed by atoms with Crippen molar-refractivity contribution in [2.45, 2.75) is 84.7 Å². The Balaban J connectivity index is 2.07. The smallest absolute Gasteiger partial charge is 0.347 e. The van der Waals surface area contributed by atoms with E-state index >= 15 is 0 Å². The van der Waals surface area contributed by atoms with Crippen LogP contribution >= 0.6 is 0 Å². The van der Waals surface area contributed by atoms with Crippen molar-refractivity contribution in [1.82, 2.24) is 0 Å². The van der Waals surface area contributed by atoms with Crippen molar-refractivity contribution in [3.63, 3.8) is 0 Å². The average Bonchev–Trinajstić information content (AvgIpc) is 2.71. The minimum absolute atomic E-state index is 0.0106. The normalized spacial score (nSPS) is 17.5. The lowest BCUT2D eigenvalue weighted by atomic mass is 9.72. The van der Waals surface area contributed by atoms with E-state index in [1.54, 1.807) is 6.07 Å². The zero-order valence-electron chi connectivity index (χ0n) is 21.0. The summed E-state index contributed by atoms with van der Waals surface area (Å²) in [5, 5.41) is 19.9. The van der Waals surface area contributed by atoms with Gasteiger partial charge in [-0.05, 0) is 86.8 Å². The Morgan fingerprint density at radius 2 is 1.39 bits per heavy atom. The summed E-state index contributed by atoms with van der Waals surface area (Å²) in [5.41, 5.74) is 1.52. The van der Waals surface area contributed by atoms with Crippen molar-refractivity contribution in [1.29, 1.82) is 0 Å². The van der Waals surface area contributed by atoms with Crippen molar-refractivity contribution in [2.24, 2.45) is 0 Å². The van der Waals surface area contributed by atoms with E-state index in [9.17, 15) is 15.0 Å². The molecule has 0 amide bonds. The maximum absolute atomic E-state index is 11.6. The standard InChI is InChI=1S/C27H36O6/c1-16-11-22-18(13-20(16)28)25(3,4)9-10-26(5,6)19-14-21(33-27(7,8)24(29)30)17(2)12-23(19)32-15-31-22/h11-14,28H,9-10,15H2,1-8H3,(H,29,30). The lowest BCUT2D eigenvalue weighted by Crippen LogP contribution is -2.38. The number of aryl methyl sites for hydroxylation is 2. The van der Waals surface area contributed by atoms with Crippen LogP contribution in [-0.2, 0) is 15.6 Å². The second-order valence-electron chi connectivity index (χ2n) is 10.8. The van der Waals surface area contributed by atoms with Crippen LogP contribution in [0.3, 0.4) is 0 Å². The second-order valence-corrected chi connectivity index (χ2v) is 10.8. The molecule has 0 radical (unpaired) electrons. The topological polar surface area (TPSA) is 85.2 Å². The lowest BCUT2D eigenvalue weighted by Gasteiger charge is -2.33. The van der Waals surface area contributed by atoms with Gasteiger partial charge in [-0.15, -0.1) is 0 Å². The van der Waals surface area contributed by atoms with E-state index in [1.165, 1.54) is 13.8 Å². The van der Waals surface area contributed by atoms with Gasteiger partial charge in [0, 0.05) is 11.1 Å². The van der Waals surface area contributed by atoms with Gasteiger partial charge in [-0.2, -0.15) is 0 Å². The molecule has 0 aliphatic carbocycles. The molecule has 0 spiro atoms. The first kappa shape index (κ1) is 24.7. The van der Waals surface area contributed by atoms with Gasteiger partial charge in [0.1, 0.15) is 23.0 Å². The molecule has 0 saturated carbocycles. The SMILES string of the molecule is Cc1cc2c(cc1O)C(C)(C)CCC(C)(C)c1cc(OC(C)(C)C(=O)O)c(C)cc1OCO2. The monoisotopic (exact) mass is 456 g/mol. The van der Waals surface area contributed by atoms with Gasteiger partial charge >= 0.3 is 5.97 Å². The van der Waals surface area contributed by atoms with E-state index in [-0.39, 0.29) is 23.4 Å². The molecule has 1 aliphatic heterocycles. The van der Waals surface area contributed by atoms with Crippen molar-refractivity contribution in [3.05, 3.63) is 46.5 Å². The van der Waals surface area contributed by atoms with Gasteiger partial charge < -0.3 is 24.4 Å². The zero-order chi connectivity index (χ0) is 24.8. The Kier molecular flexibility index (Phi) is 6.35. The molecule has 3 rings (SSSR count). The summed E-state index contributed by atoms with van der Waals surface area (Å²) in [6.07, 6.45) is 1.66. The first-order chi connectivity index (χ1) is 15.1. The molecule has 2 aromatic rings. The van der Waals surface area contributed by atoms with Gasteiger partial charge in [-0.25, -0.2) is 4.79 Å². The highest BCUT2D eigenvalue weighted by molar-refractivity contribution is 5.77. The fraction of sp³-hybridized carbons (Fsp3) is 0.519. The molecule has 180 valence electrons. The van der Waals surface area contributed by atoms with E-state index in [0.717, 1.165) is 35.1 Å². The number of benzene rings is 2. The molecular weight excluding hydrogens is 420 g/mol. The van der Waals surface area contributed by atoms with Gasteiger partial charge in [0.25, 0.3) is 0 Å². The van der Waals surface area contributed by atoms with Gasteiger partial charge in [0.2, 0.25) is 6.79 Å². The van der Waals surface area contributed by atoms with Crippen LogP contribution in [0, 0.1) is 13.8 Å². The number of hydrogen-bond acceptors (Lipinski definition) is 5. The maximum Gasteiger partial charge on any atom is 0.347 e. The Morgan fingerprint density at radius 1 is 0.909 bits per heavy atom. The minimum Gasteiger partial charge on any atom is -0.508 e. The summed E-state index contributed by atoms with van der Waals surface area (Å²) in [7, 11) is 0. The molecule has 0 fully saturated rings. The Labute approximate surface area is 196 Å². The Morgan fingerprint density at radius 3 is 1.91 bits per heavy atom. The van der Waals surface area contributed by atoms with Gasteiger partial charge in [0.15, 0.2) is 5.60 Å². The van der Waals surface area contributed by atoms with Crippen molar-refractivity contribution in [3.8, 4) is 23.0 Å². The molecule has 0 atom stereocenters. The van der Waals surface area contributed by atoms with Crippen LogP contribution in [0.2, 0.25) is 0 Å². The Bertz CT molecular complexity index is 1060. The van der Waals surface area contributed by atoms with Crippen LogP contribution in [0.5, 0.6) is 23.0 Å². The molecule has 2 aromatic carbocycles. The number of carbonyl (C=O) groups is 1. The molecule has 0 unspecified atom stereocenters. The van der Waals surface area contributed by atoms with E-state index in [4.69, 9.17) is 14.2 Å². The molecule has 0 saturated heterocycles. The fourth-order valence-electron chi connectivity index (χ4n) is 4.11. The third-order valence-electron chi connectivity index (χ3n) is 6.72. The number of rotatable bonds is 3. The van der Waals surface area contributed by atoms with E-state index in [0.29, 0.717) is 17.2 Å². The maximum atomic E-state index is 11.6. The summed E-state index contributed by atoms with van der Waals surface area (Å²) in [6, 6.07) is 7.45. The zero-order valence-corrected chi connectivity index (χ0v) is 21.0. The van der Waals surface area contributed by atoms with Crippen LogP contribution in [0.25, 0.3) is 0 Å². The highest BCUT2D eigenvalue weighted by Crippen LogP contribution is 2.45. The first-order valence-electron chi connectivity index (χ1n) is 11.3. The largest absolute Gasteiger partial charge is 0.508 e. The lowest BCUT2D eigenvalue weighted by molar-refractivity contribution is -0.152. The summed E-state index contributed by atoms with van der Waals surface area (Å²) >= 11 is 0. The van der Waals surface area contributed by atoms with Crippen molar-refractivity contribution < 1.29 is 29.2 Å². The van der Waals surface area contributed by atoms with Crippen LogP contribution in [-0.4, -0.2) is 28.6 Å².